The minimum atomic E-state index is -0.399. The van der Waals surface area contributed by atoms with Gasteiger partial charge in [-0.2, -0.15) is 11.8 Å². The van der Waals surface area contributed by atoms with Crippen LogP contribution < -0.4 is 5.73 Å². The first-order valence-corrected chi connectivity index (χ1v) is 6.76. The van der Waals surface area contributed by atoms with E-state index in [0.717, 1.165) is 25.1 Å². The third-order valence-electron chi connectivity index (χ3n) is 2.82. The van der Waals surface area contributed by atoms with E-state index in [0.29, 0.717) is 6.42 Å². The van der Waals surface area contributed by atoms with Crippen LogP contribution in [0, 0.1) is 0 Å². The second-order valence-corrected chi connectivity index (χ2v) is 4.88. The van der Waals surface area contributed by atoms with Crippen molar-refractivity contribution in [3.05, 3.63) is 0 Å². The van der Waals surface area contributed by atoms with Crippen LogP contribution in [-0.4, -0.2) is 53.2 Å². The van der Waals surface area contributed by atoms with E-state index in [1.54, 1.807) is 16.7 Å². The van der Waals surface area contributed by atoms with Crippen LogP contribution in [0.4, 0.5) is 0 Å². The summed E-state index contributed by atoms with van der Waals surface area (Å²) >= 11 is 1.70. The molecule has 0 aromatic carbocycles. The molecular weight excluding hydrogens is 212 g/mol. The summed E-state index contributed by atoms with van der Waals surface area (Å²) in [6.07, 6.45) is 4.60. The number of thioether (sulfide) groups is 1. The molecule has 0 bridgehead atoms. The maximum Gasteiger partial charge on any atom is 0.239 e. The first-order chi connectivity index (χ1) is 7.20. The van der Waals surface area contributed by atoms with Gasteiger partial charge in [0.05, 0.1) is 18.7 Å². The average molecular weight is 232 g/mol. The molecule has 0 aromatic rings. The fourth-order valence-electron chi connectivity index (χ4n) is 1.90. The van der Waals surface area contributed by atoms with Crippen LogP contribution >= 0.6 is 11.8 Å². The first kappa shape index (κ1) is 12.8. The topological polar surface area (TPSA) is 66.6 Å². The largest absolute Gasteiger partial charge is 0.394 e. The lowest BCUT2D eigenvalue weighted by Gasteiger charge is -2.26. The minimum absolute atomic E-state index is 0.000556. The molecule has 0 aliphatic carbocycles. The van der Waals surface area contributed by atoms with E-state index in [1.165, 1.54) is 0 Å². The van der Waals surface area contributed by atoms with E-state index in [9.17, 15) is 4.79 Å². The highest BCUT2D eigenvalue weighted by Crippen LogP contribution is 2.18. The monoisotopic (exact) mass is 232 g/mol. The highest BCUT2D eigenvalue weighted by molar-refractivity contribution is 7.98. The van der Waals surface area contributed by atoms with E-state index < -0.39 is 6.04 Å². The summed E-state index contributed by atoms with van der Waals surface area (Å²) < 4.78 is 0. The molecule has 1 aliphatic heterocycles. The zero-order valence-corrected chi connectivity index (χ0v) is 10.0. The molecule has 2 atom stereocenters. The van der Waals surface area contributed by atoms with E-state index in [4.69, 9.17) is 10.8 Å². The quantitative estimate of drug-likeness (QED) is 0.703. The highest BCUT2D eigenvalue weighted by atomic mass is 32.2. The van der Waals surface area contributed by atoms with Gasteiger partial charge in [0.25, 0.3) is 0 Å². The first-order valence-electron chi connectivity index (χ1n) is 5.36. The normalized spacial score (nSPS) is 23.1. The molecule has 1 aliphatic rings. The predicted molar refractivity (Wildman–Crippen MR) is 62.8 cm³/mol. The third-order valence-corrected chi connectivity index (χ3v) is 3.47. The number of rotatable bonds is 5. The number of carbonyl (C=O) groups excluding carboxylic acids is 1. The number of nitrogens with two attached hydrogens (primary N) is 1. The third kappa shape index (κ3) is 3.36. The molecule has 15 heavy (non-hydrogen) atoms. The standard InChI is InChI=1S/C10H20N2O2S/c1-15-6-4-9(11)10(14)12-5-2-3-8(12)7-13/h8-9,13H,2-7,11H2,1H3/t8?,9-/m0/s1. The van der Waals surface area contributed by atoms with Crippen molar-refractivity contribution in [3.63, 3.8) is 0 Å². The second-order valence-electron chi connectivity index (χ2n) is 3.90. The number of hydrogen-bond donors (Lipinski definition) is 2. The fraction of sp³-hybridized carbons (Fsp3) is 0.900. The molecule has 1 saturated heterocycles. The summed E-state index contributed by atoms with van der Waals surface area (Å²) in [6, 6.07) is -0.401. The molecule has 1 fully saturated rings. The maximum absolute atomic E-state index is 11.9. The summed E-state index contributed by atoms with van der Waals surface area (Å²) in [4.78, 5) is 13.6. The molecule has 1 heterocycles. The number of aliphatic hydroxyl groups is 1. The Kier molecular flexibility index (Phi) is 5.42. The van der Waals surface area contributed by atoms with Crippen molar-refractivity contribution in [2.45, 2.75) is 31.3 Å². The summed E-state index contributed by atoms with van der Waals surface area (Å²) in [5.74, 6) is 0.908. The number of carbonyl (C=O) groups is 1. The Morgan fingerprint density at radius 1 is 1.73 bits per heavy atom. The molecule has 3 N–H and O–H groups in total. The van der Waals surface area contributed by atoms with Crippen molar-refractivity contribution < 1.29 is 9.90 Å². The Balaban J connectivity index is 2.44. The van der Waals surface area contributed by atoms with E-state index in [1.807, 2.05) is 6.26 Å². The van der Waals surface area contributed by atoms with Crippen LogP contribution in [0.3, 0.4) is 0 Å². The summed E-state index contributed by atoms with van der Waals surface area (Å²) in [5, 5.41) is 9.10. The zero-order valence-electron chi connectivity index (χ0n) is 9.19. The molecule has 5 heteroatoms. The van der Waals surface area contributed by atoms with Gasteiger partial charge in [-0.05, 0) is 31.3 Å². The Bertz CT molecular complexity index is 214. The van der Waals surface area contributed by atoms with Crippen molar-refractivity contribution >= 4 is 17.7 Å². The SMILES string of the molecule is CSCC[C@H](N)C(=O)N1CCCC1CO. The Morgan fingerprint density at radius 3 is 3.07 bits per heavy atom. The van der Waals surface area contributed by atoms with Crippen LogP contribution in [0.15, 0.2) is 0 Å². The van der Waals surface area contributed by atoms with Gasteiger partial charge in [-0.1, -0.05) is 0 Å². The lowest BCUT2D eigenvalue weighted by Crippen LogP contribution is -2.47. The maximum atomic E-state index is 11.9. The van der Waals surface area contributed by atoms with Crippen molar-refractivity contribution in [1.82, 2.24) is 4.90 Å². The van der Waals surface area contributed by atoms with Crippen molar-refractivity contribution in [1.29, 1.82) is 0 Å². The fourth-order valence-corrected chi connectivity index (χ4v) is 2.39. The molecule has 0 spiro atoms. The Morgan fingerprint density at radius 2 is 2.47 bits per heavy atom. The van der Waals surface area contributed by atoms with Crippen LogP contribution in [0.2, 0.25) is 0 Å². The molecule has 0 radical (unpaired) electrons. The number of nitrogens with zero attached hydrogens (tertiary/aromatic N) is 1. The summed E-state index contributed by atoms with van der Waals surface area (Å²) in [5.41, 5.74) is 5.81. The van der Waals surface area contributed by atoms with Gasteiger partial charge < -0.3 is 15.7 Å². The van der Waals surface area contributed by atoms with Gasteiger partial charge in [-0.25, -0.2) is 0 Å². The van der Waals surface area contributed by atoms with Gasteiger partial charge in [0.15, 0.2) is 0 Å². The predicted octanol–water partition coefficient (Wildman–Crippen LogP) is 0.0501. The molecule has 1 unspecified atom stereocenters. The summed E-state index contributed by atoms with van der Waals surface area (Å²) in [6.45, 7) is 0.804. The molecule has 1 rings (SSSR count). The molecule has 4 nitrogen and oxygen atoms in total. The van der Waals surface area contributed by atoms with Gasteiger partial charge >= 0.3 is 0 Å². The smallest absolute Gasteiger partial charge is 0.239 e. The second kappa shape index (κ2) is 6.35. The lowest BCUT2D eigenvalue weighted by atomic mass is 10.2. The van der Waals surface area contributed by atoms with Crippen molar-refractivity contribution in [3.8, 4) is 0 Å². The van der Waals surface area contributed by atoms with Gasteiger partial charge in [0, 0.05) is 6.54 Å². The van der Waals surface area contributed by atoms with Crippen molar-refractivity contribution in [2.24, 2.45) is 5.73 Å². The molecule has 0 saturated carbocycles. The van der Waals surface area contributed by atoms with Crippen LogP contribution in [0.5, 0.6) is 0 Å². The van der Waals surface area contributed by atoms with Crippen LogP contribution in [-0.2, 0) is 4.79 Å². The zero-order chi connectivity index (χ0) is 11.3. The molecule has 1 amide bonds. The summed E-state index contributed by atoms with van der Waals surface area (Å²) in [7, 11) is 0. The lowest BCUT2D eigenvalue weighted by molar-refractivity contribution is -0.134. The molecule has 0 aromatic heterocycles. The van der Waals surface area contributed by atoms with Gasteiger partial charge in [-0.3, -0.25) is 4.79 Å². The van der Waals surface area contributed by atoms with Gasteiger partial charge in [0.1, 0.15) is 0 Å². The van der Waals surface area contributed by atoms with Gasteiger partial charge in [-0.15, -0.1) is 0 Å². The van der Waals surface area contributed by atoms with Crippen LogP contribution in [0.1, 0.15) is 19.3 Å². The minimum Gasteiger partial charge on any atom is -0.394 e. The number of likely N-dealkylation sites (tertiary alicyclic amines) is 1. The molecular formula is C10H20N2O2S. The van der Waals surface area contributed by atoms with Crippen LogP contribution in [0.25, 0.3) is 0 Å². The van der Waals surface area contributed by atoms with E-state index in [-0.39, 0.29) is 18.6 Å². The number of hydrogen-bond acceptors (Lipinski definition) is 4. The molecule has 88 valence electrons. The number of aliphatic hydroxyl groups excluding tert-OH is 1. The Hall–Kier alpha value is -0.260. The Labute approximate surface area is 95.2 Å². The van der Waals surface area contributed by atoms with E-state index in [2.05, 4.69) is 0 Å². The highest BCUT2D eigenvalue weighted by Gasteiger charge is 2.30. The van der Waals surface area contributed by atoms with Gasteiger partial charge in [0.2, 0.25) is 5.91 Å². The number of amides is 1. The van der Waals surface area contributed by atoms with E-state index >= 15 is 0 Å². The van der Waals surface area contributed by atoms with Crippen molar-refractivity contribution in [2.75, 3.05) is 25.2 Å². The average Bonchev–Trinajstić information content (AvgIpc) is 2.72.